The molecule has 0 saturated carbocycles. The normalized spacial score (nSPS) is 11.0. The van der Waals surface area contributed by atoms with Crippen molar-refractivity contribution in [2.75, 3.05) is 29.8 Å². The molecule has 172 valence electrons. The lowest BCUT2D eigenvalue weighted by Crippen LogP contribution is -2.31. The maximum Gasteiger partial charge on any atom is 0.264 e. The summed E-state index contributed by atoms with van der Waals surface area (Å²) in [6.07, 6.45) is 0. The van der Waals surface area contributed by atoms with Gasteiger partial charge in [0.1, 0.15) is 0 Å². The fraction of sp³-hybridized carbons (Fsp3) is 0.200. The molecule has 0 aliphatic rings. The molecule has 0 radical (unpaired) electrons. The van der Waals surface area contributed by atoms with E-state index in [1.54, 1.807) is 71.6 Å². The summed E-state index contributed by atoms with van der Waals surface area (Å²) in [5.41, 5.74) is 1.14. The van der Waals surface area contributed by atoms with Gasteiger partial charge < -0.3 is 10.2 Å². The number of carbonyl (C=O) groups excluding carboxylic acids is 2. The molecule has 33 heavy (non-hydrogen) atoms. The molecule has 3 rings (SSSR count). The van der Waals surface area contributed by atoms with E-state index in [2.05, 4.69) is 5.32 Å². The predicted molar refractivity (Wildman–Crippen MR) is 130 cm³/mol. The quantitative estimate of drug-likeness (QED) is 0.539. The average molecular weight is 466 g/mol. The van der Waals surface area contributed by atoms with Crippen molar-refractivity contribution >= 4 is 33.2 Å². The van der Waals surface area contributed by atoms with Gasteiger partial charge >= 0.3 is 0 Å². The Balaban J connectivity index is 1.95. The zero-order chi connectivity index (χ0) is 24.0. The summed E-state index contributed by atoms with van der Waals surface area (Å²) in [7, 11) is -2.46. The number of hydrogen-bond donors (Lipinski definition) is 1. The Kier molecular flexibility index (Phi) is 7.50. The Morgan fingerprint density at radius 2 is 1.33 bits per heavy atom. The van der Waals surface area contributed by atoms with E-state index in [1.165, 1.54) is 19.2 Å². The maximum absolute atomic E-state index is 13.2. The molecule has 0 saturated heterocycles. The lowest BCUT2D eigenvalue weighted by Gasteiger charge is -2.23. The molecule has 0 aliphatic heterocycles. The first-order valence-corrected chi connectivity index (χ1v) is 12.1. The summed E-state index contributed by atoms with van der Waals surface area (Å²) in [6.45, 7) is 4.87. The van der Waals surface area contributed by atoms with Crippen LogP contribution in [0.1, 0.15) is 34.6 Å². The molecule has 1 N–H and O–H groups in total. The van der Waals surface area contributed by atoms with Crippen LogP contribution in [0, 0.1) is 0 Å². The van der Waals surface area contributed by atoms with Gasteiger partial charge in [-0.3, -0.25) is 13.9 Å². The highest BCUT2D eigenvalue weighted by molar-refractivity contribution is 7.92. The number of hydrogen-bond acceptors (Lipinski definition) is 4. The van der Waals surface area contributed by atoms with Crippen molar-refractivity contribution in [1.82, 2.24) is 4.90 Å². The van der Waals surface area contributed by atoms with Crippen molar-refractivity contribution in [3.63, 3.8) is 0 Å². The van der Waals surface area contributed by atoms with Gasteiger partial charge in [-0.25, -0.2) is 8.42 Å². The molecule has 0 aromatic heterocycles. The smallest absolute Gasteiger partial charge is 0.264 e. The van der Waals surface area contributed by atoms with Crippen LogP contribution in [0.15, 0.2) is 83.8 Å². The topological polar surface area (TPSA) is 86.8 Å². The summed E-state index contributed by atoms with van der Waals surface area (Å²) in [6, 6.07) is 21.3. The molecule has 2 amide bonds. The number of nitrogens with zero attached hydrogens (tertiary/aromatic N) is 2. The Morgan fingerprint density at radius 3 is 1.97 bits per heavy atom. The van der Waals surface area contributed by atoms with E-state index in [4.69, 9.17) is 0 Å². The molecule has 0 bridgehead atoms. The van der Waals surface area contributed by atoms with E-state index in [1.807, 2.05) is 13.8 Å². The lowest BCUT2D eigenvalue weighted by atomic mass is 10.1. The molecule has 3 aromatic rings. The van der Waals surface area contributed by atoms with Crippen LogP contribution >= 0.6 is 0 Å². The summed E-state index contributed by atoms with van der Waals surface area (Å²) < 4.78 is 27.3. The standard InChI is InChI=1S/C25H27N3O4S/c1-4-28(5-2)25(30)20-15-9-11-17-22(20)26-24(29)21-16-10-12-18-23(21)27(3)33(31,32)19-13-7-6-8-14-19/h6-18H,4-5H2,1-3H3,(H,26,29). The van der Waals surface area contributed by atoms with Gasteiger partial charge in [0.2, 0.25) is 0 Å². The first kappa shape index (κ1) is 24.0. The molecule has 7 nitrogen and oxygen atoms in total. The van der Waals surface area contributed by atoms with Gasteiger partial charge in [0.25, 0.3) is 21.8 Å². The molecule has 3 aromatic carbocycles. The second-order valence-corrected chi connectivity index (χ2v) is 9.25. The van der Waals surface area contributed by atoms with E-state index >= 15 is 0 Å². The summed E-state index contributed by atoms with van der Waals surface area (Å²) in [4.78, 5) is 27.9. The molecular weight excluding hydrogens is 438 g/mol. The van der Waals surface area contributed by atoms with Gasteiger partial charge in [0, 0.05) is 20.1 Å². The van der Waals surface area contributed by atoms with Crippen molar-refractivity contribution in [2.24, 2.45) is 0 Å². The number of rotatable bonds is 8. The van der Waals surface area contributed by atoms with Gasteiger partial charge in [-0.2, -0.15) is 0 Å². The van der Waals surface area contributed by atoms with E-state index < -0.39 is 15.9 Å². The molecule has 0 atom stereocenters. The Morgan fingerprint density at radius 1 is 0.788 bits per heavy atom. The van der Waals surface area contributed by atoms with Crippen molar-refractivity contribution in [1.29, 1.82) is 0 Å². The van der Waals surface area contributed by atoms with Crippen LogP contribution in [0.4, 0.5) is 11.4 Å². The second kappa shape index (κ2) is 10.3. The van der Waals surface area contributed by atoms with E-state index in [-0.39, 0.29) is 22.1 Å². The second-order valence-electron chi connectivity index (χ2n) is 7.28. The van der Waals surface area contributed by atoms with Crippen LogP contribution < -0.4 is 9.62 Å². The molecule has 0 fully saturated rings. The van der Waals surface area contributed by atoms with Gasteiger partial charge in [0.05, 0.1) is 27.4 Å². The van der Waals surface area contributed by atoms with Crippen molar-refractivity contribution in [3.05, 3.63) is 90.0 Å². The first-order chi connectivity index (χ1) is 15.8. The minimum absolute atomic E-state index is 0.123. The fourth-order valence-corrected chi connectivity index (χ4v) is 4.71. The number of sulfonamides is 1. The number of anilines is 2. The monoisotopic (exact) mass is 465 g/mol. The highest BCUT2D eigenvalue weighted by atomic mass is 32.2. The van der Waals surface area contributed by atoms with E-state index in [0.717, 1.165) is 4.31 Å². The molecular formula is C25H27N3O4S. The van der Waals surface area contributed by atoms with Crippen LogP contribution in [0.5, 0.6) is 0 Å². The van der Waals surface area contributed by atoms with Crippen molar-refractivity contribution in [2.45, 2.75) is 18.7 Å². The van der Waals surface area contributed by atoms with Gasteiger partial charge in [0.15, 0.2) is 0 Å². The van der Waals surface area contributed by atoms with Crippen LogP contribution in [0.3, 0.4) is 0 Å². The number of benzene rings is 3. The summed E-state index contributed by atoms with van der Waals surface area (Å²) in [5, 5.41) is 2.79. The Hall–Kier alpha value is -3.65. The third kappa shape index (κ3) is 5.06. The summed E-state index contributed by atoms with van der Waals surface area (Å²) >= 11 is 0. The molecule has 0 heterocycles. The van der Waals surface area contributed by atoms with Crippen LogP contribution in [0.25, 0.3) is 0 Å². The summed E-state index contributed by atoms with van der Waals surface area (Å²) in [5.74, 6) is -0.700. The van der Waals surface area contributed by atoms with Gasteiger partial charge in [-0.05, 0) is 50.2 Å². The zero-order valence-electron chi connectivity index (χ0n) is 18.9. The maximum atomic E-state index is 13.2. The van der Waals surface area contributed by atoms with Crippen LogP contribution in [-0.4, -0.2) is 45.3 Å². The Bertz CT molecular complexity index is 1240. The largest absolute Gasteiger partial charge is 0.339 e. The number of amides is 2. The third-order valence-electron chi connectivity index (χ3n) is 5.35. The van der Waals surface area contributed by atoms with Crippen LogP contribution in [-0.2, 0) is 10.0 Å². The predicted octanol–water partition coefficient (Wildman–Crippen LogP) is 4.25. The zero-order valence-corrected chi connectivity index (χ0v) is 19.7. The molecule has 8 heteroatoms. The number of nitrogens with one attached hydrogen (secondary N) is 1. The molecule has 0 unspecified atom stereocenters. The van der Waals surface area contributed by atoms with E-state index in [9.17, 15) is 18.0 Å². The minimum atomic E-state index is -3.87. The average Bonchev–Trinajstić information content (AvgIpc) is 2.85. The van der Waals surface area contributed by atoms with Crippen LogP contribution in [0.2, 0.25) is 0 Å². The van der Waals surface area contributed by atoms with Crippen molar-refractivity contribution < 1.29 is 18.0 Å². The fourth-order valence-electron chi connectivity index (χ4n) is 3.47. The van der Waals surface area contributed by atoms with Gasteiger partial charge in [-0.15, -0.1) is 0 Å². The van der Waals surface area contributed by atoms with Crippen molar-refractivity contribution in [3.8, 4) is 0 Å². The van der Waals surface area contributed by atoms with Gasteiger partial charge in [-0.1, -0.05) is 42.5 Å². The lowest BCUT2D eigenvalue weighted by molar-refractivity contribution is 0.0774. The SMILES string of the molecule is CCN(CC)C(=O)c1ccccc1NC(=O)c1ccccc1N(C)S(=O)(=O)c1ccccc1. The molecule has 0 aliphatic carbocycles. The molecule has 0 spiro atoms. The van der Waals surface area contributed by atoms with E-state index in [0.29, 0.717) is 24.3 Å². The highest BCUT2D eigenvalue weighted by Gasteiger charge is 2.25. The minimum Gasteiger partial charge on any atom is -0.339 e. The third-order valence-corrected chi connectivity index (χ3v) is 7.13. The Labute approximate surface area is 194 Å². The first-order valence-electron chi connectivity index (χ1n) is 10.6. The number of carbonyl (C=O) groups is 2. The highest BCUT2D eigenvalue weighted by Crippen LogP contribution is 2.27. The number of para-hydroxylation sites is 2.